The average molecular weight is 377 g/mol. The van der Waals surface area contributed by atoms with Gasteiger partial charge in [0, 0.05) is 11.6 Å². The van der Waals surface area contributed by atoms with Gasteiger partial charge in [-0.3, -0.25) is 4.79 Å². The van der Waals surface area contributed by atoms with Crippen molar-refractivity contribution in [3.63, 3.8) is 0 Å². The summed E-state index contributed by atoms with van der Waals surface area (Å²) in [4.78, 5) is 12.7. The normalized spacial score (nSPS) is 10.2. The molecule has 0 atom stereocenters. The zero-order valence-electron chi connectivity index (χ0n) is 16.2. The first-order chi connectivity index (χ1) is 13.6. The lowest BCUT2D eigenvalue weighted by Crippen LogP contribution is -2.12. The summed E-state index contributed by atoms with van der Waals surface area (Å²) in [6, 6.07) is 20.5. The fourth-order valence-corrected chi connectivity index (χ4v) is 2.79. The van der Waals surface area contributed by atoms with Crippen molar-refractivity contribution < 1.29 is 19.0 Å². The van der Waals surface area contributed by atoms with E-state index < -0.39 is 0 Å². The van der Waals surface area contributed by atoms with Gasteiger partial charge in [0.2, 0.25) is 0 Å². The first-order valence-electron chi connectivity index (χ1n) is 8.91. The van der Waals surface area contributed by atoms with Crippen molar-refractivity contribution in [3.05, 3.63) is 83.4 Å². The molecule has 0 spiro atoms. The Bertz CT molecular complexity index is 968. The Kier molecular flexibility index (Phi) is 6.17. The lowest BCUT2D eigenvalue weighted by Gasteiger charge is -2.12. The number of aryl methyl sites for hydroxylation is 1. The molecule has 0 saturated carbocycles. The second-order valence-electron chi connectivity index (χ2n) is 6.33. The van der Waals surface area contributed by atoms with E-state index in [4.69, 9.17) is 14.2 Å². The Labute approximate surface area is 164 Å². The number of benzene rings is 3. The minimum atomic E-state index is -0.246. The number of nitrogens with one attached hydrogen (secondary N) is 1. The topological polar surface area (TPSA) is 56.8 Å². The van der Waals surface area contributed by atoms with Crippen molar-refractivity contribution >= 4 is 11.6 Å². The molecule has 0 saturated heterocycles. The molecule has 0 radical (unpaired) electrons. The molecule has 144 valence electrons. The van der Waals surface area contributed by atoms with Crippen LogP contribution in [-0.2, 0) is 6.61 Å². The summed E-state index contributed by atoms with van der Waals surface area (Å²) in [5, 5.41) is 2.86. The fraction of sp³-hybridized carbons (Fsp3) is 0.174. The summed E-state index contributed by atoms with van der Waals surface area (Å²) < 4.78 is 16.3. The van der Waals surface area contributed by atoms with Gasteiger partial charge in [0.25, 0.3) is 5.91 Å². The smallest absolute Gasteiger partial charge is 0.255 e. The molecule has 0 aromatic heterocycles. The third kappa shape index (κ3) is 4.82. The van der Waals surface area contributed by atoms with Gasteiger partial charge in [-0.2, -0.15) is 0 Å². The number of rotatable bonds is 7. The molecule has 5 heteroatoms. The summed E-state index contributed by atoms with van der Waals surface area (Å²) in [5.74, 6) is 1.57. The number of amides is 1. The highest BCUT2D eigenvalue weighted by Gasteiger charge is 2.11. The molecule has 0 bridgehead atoms. The predicted octanol–water partition coefficient (Wildman–Crippen LogP) is 4.84. The third-order valence-corrected chi connectivity index (χ3v) is 4.24. The van der Waals surface area contributed by atoms with Crippen molar-refractivity contribution in [1.29, 1.82) is 0 Å². The van der Waals surface area contributed by atoms with E-state index >= 15 is 0 Å². The van der Waals surface area contributed by atoms with Gasteiger partial charge in [0.1, 0.15) is 23.9 Å². The second kappa shape index (κ2) is 8.95. The van der Waals surface area contributed by atoms with Crippen LogP contribution in [0.1, 0.15) is 21.5 Å². The van der Waals surface area contributed by atoms with Crippen molar-refractivity contribution in [2.75, 3.05) is 19.5 Å². The van der Waals surface area contributed by atoms with Gasteiger partial charge in [0.15, 0.2) is 0 Å². The predicted molar refractivity (Wildman–Crippen MR) is 109 cm³/mol. The van der Waals surface area contributed by atoms with Gasteiger partial charge < -0.3 is 19.5 Å². The van der Waals surface area contributed by atoms with Crippen LogP contribution in [0.4, 0.5) is 5.69 Å². The van der Waals surface area contributed by atoms with E-state index in [1.54, 1.807) is 50.6 Å². The molecule has 1 amide bonds. The monoisotopic (exact) mass is 377 g/mol. The van der Waals surface area contributed by atoms with Gasteiger partial charge >= 0.3 is 0 Å². The van der Waals surface area contributed by atoms with E-state index in [9.17, 15) is 4.79 Å². The van der Waals surface area contributed by atoms with E-state index in [1.807, 2.05) is 31.2 Å². The molecule has 3 aromatic rings. The minimum absolute atomic E-state index is 0.246. The fourth-order valence-electron chi connectivity index (χ4n) is 2.79. The molecule has 0 fully saturated rings. The standard InChI is InChI=1S/C23H23NO4/c1-16-6-4-7-17(12-16)15-28-20-9-5-8-18(13-20)23(25)24-21-11-10-19(26-2)14-22(21)27-3/h4-14H,15H2,1-3H3,(H,24,25). The van der Waals surface area contributed by atoms with E-state index in [2.05, 4.69) is 11.4 Å². The quantitative estimate of drug-likeness (QED) is 0.640. The molecule has 3 rings (SSSR count). The van der Waals surface area contributed by atoms with Gasteiger partial charge in [-0.1, -0.05) is 35.9 Å². The molecule has 0 aliphatic carbocycles. The van der Waals surface area contributed by atoms with E-state index in [0.717, 1.165) is 5.56 Å². The van der Waals surface area contributed by atoms with Crippen LogP contribution < -0.4 is 19.5 Å². The van der Waals surface area contributed by atoms with Gasteiger partial charge in [-0.15, -0.1) is 0 Å². The van der Waals surface area contributed by atoms with Crippen LogP contribution in [0.15, 0.2) is 66.7 Å². The largest absolute Gasteiger partial charge is 0.497 e. The summed E-state index contributed by atoms with van der Waals surface area (Å²) in [7, 11) is 3.12. The summed E-state index contributed by atoms with van der Waals surface area (Å²) in [6.07, 6.45) is 0. The first-order valence-corrected chi connectivity index (χ1v) is 8.91. The highest BCUT2D eigenvalue weighted by molar-refractivity contribution is 6.05. The van der Waals surface area contributed by atoms with Crippen LogP contribution in [0.2, 0.25) is 0 Å². The van der Waals surface area contributed by atoms with Crippen molar-refractivity contribution in [1.82, 2.24) is 0 Å². The second-order valence-corrected chi connectivity index (χ2v) is 6.33. The molecular weight excluding hydrogens is 354 g/mol. The molecule has 0 aliphatic heterocycles. The summed E-state index contributed by atoms with van der Waals surface area (Å²) in [5.41, 5.74) is 3.33. The summed E-state index contributed by atoms with van der Waals surface area (Å²) >= 11 is 0. The molecular formula is C23H23NO4. The van der Waals surface area contributed by atoms with Gasteiger partial charge in [-0.05, 0) is 42.8 Å². The van der Waals surface area contributed by atoms with Crippen LogP contribution >= 0.6 is 0 Å². The first kappa shape index (κ1) is 19.3. The number of carbonyl (C=O) groups is 1. The molecule has 1 N–H and O–H groups in total. The number of anilines is 1. The van der Waals surface area contributed by atoms with Crippen molar-refractivity contribution in [3.8, 4) is 17.2 Å². The molecule has 0 heterocycles. The Morgan fingerprint density at radius 3 is 2.46 bits per heavy atom. The van der Waals surface area contributed by atoms with E-state index in [-0.39, 0.29) is 5.91 Å². The van der Waals surface area contributed by atoms with Crippen molar-refractivity contribution in [2.24, 2.45) is 0 Å². The maximum absolute atomic E-state index is 12.7. The SMILES string of the molecule is COc1ccc(NC(=O)c2cccc(OCc3cccc(C)c3)c2)c(OC)c1. The minimum Gasteiger partial charge on any atom is -0.497 e. The Balaban J connectivity index is 1.70. The lowest BCUT2D eigenvalue weighted by atomic mass is 10.1. The molecule has 5 nitrogen and oxygen atoms in total. The average Bonchev–Trinajstić information content (AvgIpc) is 2.72. The van der Waals surface area contributed by atoms with E-state index in [0.29, 0.717) is 35.1 Å². The number of hydrogen-bond acceptors (Lipinski definition) is 4. The van der Waals surface area contributed by atoms with Crippen LogP contribution in [-0.4, -0.2) is 20.1 Å². The van der Waals surface area contributed by atoms with Crippen LogP contribution in [0.3, 0.4) is 0 Å². The summed E-state index contributed by atoms with van der Waals surface area (Å²) in [6.45, 7) is 2.49. The number of ether oxygens (including phenoxy) is 3. The van der Waals surface area contributed by atoms with Crippen molar-refractivity contribution in [2.45, 2.75) is 13.5 Å². The zero-order chi connectivity index (χ0) is 19.9. The maximum Gasteiger partial charge on any atom is 0.255 e. The number of hydrogen-bond donors (Lipinski definition) is 1. The molecule has 0 unspecified atom stereocenters. The van der Waals surface area contributed by atoms with Crippen LogP contribution in [0.25, 0.3) is 0 Å². The molecule has 28 heavy (non-hydrogen) atoms. The van der Waals surface area contributed by atoms with Gasteiger partial charge in [0.05, 0.1) is 19.9 Å². The maximum atomic E-state index is 12.7. The molecule has 0 aliphatic rings. The van der Waals surface area contributed by atoms with Gasteiger partial charge in [-0.25, -0.2) is 0 Å². The highest BCUT2D eigenvalue weighted by atomic mass is 16.5. The Morgan fingerprint density at radius 1 is 0.893 bits per heavy atom. The Hall–Kier alpha value is -3.47. The lowest BCUT2D eigenvalue weighted by molar-refractivity contribution is 0.102. The van der Waals surface area contributed by atoms with Crippen LogP contribution in [0, 0.1) is 6.92 Å². The van der Waals surface area contributed by atoms with E-state index in [1.165, 1.54) is 5.56 Å². The number of methoxy groups -OCH3 is 2. The number of carbonyl (C=O) groups excluding carboxylic acids is 1. The third-order valence-electron chi connectivity index (χ3n) is 4.24. The Morgan fingerprint density at radius 2 is 1.71 bits per heavy atom. The van der Waals surface area contributed by atoms with Crippen LogP contribution in [0.5, 0.6) is 17.2 Å². The highest BCUT2D eigenvalue weighted by Crippen LogP contribution is 2.29. The molecule has 3 aromatic carbocycles. The zero-order valence-corrected chi connectivity index (χ0v) is 16.2.